The summed E-state index contributed by atoms with van der Waals surface area (Å²) in [5, 5.41) is 9.81. The molecule has 0 fully saturated rings. The van der Waals surface area contributed by atoms with E-state index in [4.69, 9.17) is 13.7 Å². The number of esters is 1. The smallest absolute Gasteiger partial charge is 0.316 e. The molecule has 1 amide bonds. The molecule has 1 aliphatic heterocycles. The first-order valence-electron chi connectivity index (χ1n) is 10.6. The lowest BCUT2D eigenvalue weighted by molar-refractivity contribution is -0.150. The fourth-order valence-electron chi connectivity index (χ4n) is 3.56. The fourth-order valence-corrected chi connectivity index (χ4v) is 4.53. The van der Waals surface area contributed by atoms with Crippen molar-refractivity contribution in [3.05, 3.63) is 76.6 Å². The molecule has 4 rings (SSSR count). The van der Waals surface area contributed by atoms with Crippen LogP contribution in [0.25, 0.3) is 0 Å². The van der Waals surface area contributed by atoms with Crippen LogP contribution in [0.5, 0.6) is 0 Å². The zero-order valence-corrected chi connectivity index (χ0v) is 19.6. The van der Waals surface area contributed by atoms with Gasteiger partial charge in [0.15, 0.2) is 6.61 Å². The third-order valence-electron chi connectivity index (χ3n) is 5.43. The van der Waals surface area contributed by atoms with Crippen molar-refractivity contribution in [2.75, 3.05) is 12.4 Å². The molecule has 172 valence electrons. The Hall–Kier alpha value is -3.33. The highest BCUT2D eigenvalue weighted by atomic mass is 32.2. The normalized spacial score (nSPS) is 15.5. The third-order valence-corrected chi connectivity index (χ3v) is 6.36. The molecule has 0 bridgehead atoms. The van der Waals surface area contributed by atoms with Crippen LogP contribution >= 0.6 is 11.8 Å². The van der Waals surface area contributed by atoms with Gasteiger partial charge in [-0.2, -0.15) is 5.10 Å². The van der Waals surface area contributed by atoms with Gasteiger partial charge in [-0.3, -0.25) is 9.59 Å². The molecule has 1 unspecified atom stereocenters. The van der Waals surface area contributed by atoms with E-state index in [0.717, 1.165) is 33.9 Å². The number of aromatic nitrogens is 1. The molecule has 9 heteroatoms. The molecule has 0 radical (unpaired) electrons. The minimum Gasteiger partial charge on any atom is -0.467 e. The molecule has 1 aliphatic rings. The highest BCUT2D eigenvalue weighted by Crippen LogP contribution is 2.33. The Kier molecular flexibility index (Phi) is 6.98. The summed E-state index contributed by atoms with van der Waals surface area (Å²) in [5.41, 5.74) is 4.65. The van der Waals surface area contributed by atoms with E-state index in [0.29, 0.717) is 17.9 Å². The standard InChI is InChI=1S/C24H25N3O5S/c1-15-6-8-18(9-7-15)20-11-21(22-5-4-10-30-22)27(25-20)23(28)12-31-24(29)14-33-13-19-16(2)26-32-17(19)3/h4-10,21H,11-14H2,1-3H3. The third kappa shape index (κ3) is 5.36. The van der Waals surface area contributed by atoms with E-state index < -0.39 is 11.9 Å². The van der Waals surface area contributed by atoms with Gasteiger partial charge in [0.25, 0.3) is 5.91 Å². The number of amides is 1. The molecule has 3 aromatic rings. The maximum Gasteiger partial charge on any atom is 0.316 e. The quantitative estimate of drug-likeness (QED) is 0.454. The van der Waals surface area contributed by atoms with Gasteiger partial charge in [0.1, 0.15) is 17.6 Å². The summed E-state index contributed by atoms with van der Waals surface area (Å²) in [7, 11) is 0. The van der Waals surface area contributed by atoms with Gasteiger partial charge in [-0.15, -0.1) is 11.8 Å². The van der Waals surface area contributed by atoms with Crippen LogP contribution in [0.1, 0.15) is 46.4 Å². The number of hydrogen-bond donors (Lipinski definition) is 0. The predicted molar refractivity (Wildman–Crippen MR) is 124 cm³/mol. The molecular formula is C24H25N3O5S. The monoisotopic (exact) mass is 467 g/mol. The first-order chi connectivity index (χ1) is 15.9. The number of carbonyl (C=O) groups excluding carboxylic acids is 2. The van der Waals surface area contributed by atoms with Crippen LogP contribution in [-0.2, 0) is 20.1 Å². The van der Waals surface area contributed by atoms with Crippen LogP contribution in [0.4, 0.5) is 0 Å². The zero-order valence-electron chi connectivity index (χ0n) is 18.7. The Morgan fingerprint density at radius 3 is 2.64 bits per heavy atom. The van der Waals surface area contributed by atoms with E-state index in [1.807, 2.05) is 51.1 Å². The van der Waals surface area contributed by atoms with Crippen molar-refractivity contribution in [3.8, 4) is 0 Å². The largest absolute Gasteiger partial charge is 0.467 e. The maximum absolute atomic E-state index is 12.9. The first-order valence-corrected chi connectivity index (χ1v) is 11.7. The van der Waals surface area contributed by atoms with Gasteiger partial charge in [0.05, 0.1) is 23.4 Å². The summed E-state index contributed by atoms with van der Waals surface area (Å²) in [6.07, 6.45) is 2.08. The minimum atomic E-state index is -0.461. The number of hydrogen-bond acceptors (Lipinski definition) is 8. The number of thioether (sulfide) groups is 1. The molecule has 0 saturated heterocycles. The molecule has 1 aromatic carbocycles. The number of carbonyl (C=O) groups is 2. The second-order valence-corrected chi connectivity index (χ2v) is 8.83. The van der Waals surface area contributed by atoms with Gasteiger partial charge in [-0.05, 0) is 38.5 Å². The van der Waals surface area contributed by atoms with Crippen LogP contribution in [0, 0.1) is 20.8 Å². The summed E-state index contributed by atoms with van der Waals surface area (Å²) in [6, 6.07) is 11.2. The molecule has 33 heavy (non-hydrogen) atoms. The van der Waals surface area contributed by atoms with Crippen LogP contribution < -0.4 is 0 Å². The summed E-state index contributed by atoms with van der Waals surface area (Å²) in [6.45, 7) is 5.33. The van der Waals surface area contributed by atoms with E-state index in [1.54, 1.807) is 12.3 Å². The Bertz CT molecular complexity index is 1130. The lowest BCUT2D eigenvalue weighted by Gasteiger charge is -2.19. The topological polar surface area (TPSA) is 98.1 Å². The van der Waals surface area contributed by atoms with Gasteiger partial charge in [-0.25, -0.2) is 5.01 Å². The predicted octanol–water partition coefficient (Wildman–Crippen LogP) is 4.35. The van der Waals surface area contributed by atoms with E-state index in [-0.39, 0.29) is 18.4 Å². The highest BCUT2D eigenvalue weighted by molar-refractivity contribution is 7.99. The van der Waals surface area contributed by atoms with Crippen molar-refractivity contribution in [2.45, 2.75) is 39.0 Å². The Labute approximate surface area is 195 Å². The number of rotatable bonds is 8. The molecule has 1 atom stereocenters. The van der Waals surface area contributed by atoms with Crippen molar-refractivity contribution in [3.63, 3.8) is 0 Å². The second kappa shape index (κ2) is 10.1. The Balaban J connectivity index is 1.36. The zero-order chi connectivity index (χ0) is 23.4. The molecule has 8 nitrogen and oxygen atoms in total. The number of benzene rings is 1. The highest BCUT2D eigenvalue weighted by Gasteiger charge is 2.35. The van der Waals surface area contributed by atoms with Crippen molar-refractivity contribution >= 4 is 29.4 Å². The average Bonchev–Trinajstić information content (AvgIpc) is 3.54. The van der Waals surface area contributed by atoms with Crippen LogP contribution in [0.2, 0.25) is 0 Å². The summed E-state index contributed by atoms with van der Waals surface area (Å²) >= 11 is 1.39. The number of hydrazone groups is 1. The number of nitrogens with zero attached hydrogens (tertiary/aromatic N) is 3. The molecule has 0 saturated carbocycles. The summed E-state index contributed by atoms with van der Waals surface area (Å²) in [5.74, 6) is 1.22. The van der Waals surface area contributed by atoms with E-state index in [9.17, 15) is 9.59 Å². The second-order valence-electron chi connectivity index (χ2n) is 7.84. The number of furan rings is 1. The van der Waals surface area contributed by atoms with E-state index in [2.05, 4.69) is 10.3 Å². The summed E-state index contributed by atoms with van der Waals surface area (Å²) < 4.78 is 15.9. The van der Waals surface area contributed by atoms with E-state index in [1.165, 1.54) is 16.8 Å². The molecule has 0 aliphatic carbocycles. The first kappa shape index (κ1) is 22.8. The van der Waals surface area contributed by atoms with Crippen molar-refractivity contribution in [1.29, 1.82) is 0 Å². The molecular weight excluding hydrogens is 442 g/mol. The molecule has 3 heterocycles. The molecule has 2 aromatic heterocycles. The number of aryl methyl sites for hydroxylation is 3. The van der Waals surface area contributed by atoms with Gasteiger partial charge >= 0.3 is 5.97 Å². The minimum absolute atomic E-state index is 0.122. The average molecular weight is 468 g/mol. The lowest BCUT2D eigenvalue weighted by atomic mass is 10.0. The van der Waals surface area contributed by atoms with Crippen molar-refractivity contribution in [2.24, 2.45) is 5.10 Å². The van der Waals surface area contributed by atoms with E-state index >= 15 is 0 Å². The Morgan fingerprint density at radius 2 is 1.97 bits per heavy atom. The molecule has 0 N–H and O–H groups in total. The maximum atomic E-state index is 12.9. The van der Waals surface area contributed by atoms with Crippen LogP contribution in [0.3, 0.4) is 0 Å². The lowest BCUT2D eigenvalue weighted by Crippen LogP contribution is -2.31. The summed E-state index contributed by atoms with van der Waals surface area (Å²) in [4.78, 5) is 25.1. The van der Waals surface area contributed by atoms with Gasteiger partial charge in [0.2, 0.25) is 0 Å². The van der Waals surface area contributed by atoms with Crippen molar-refractivity contribution in [1.82, 2.24) is 10.2 Å². The Morgan fingerprint density at radius 1 is 1.18 bits per heavy atom. The van der Waals surface area contributed by atoms with Crippen LogP contribution in [-0.4, -0.2) is 40.1 Å². The SMILES string of the molecule is Cc1ccc(C2=NN(C(=O)COC(=O)CSCc3c(C)noc3C)C(c3ccco3)C2)cc1. The number of ether oxygens (including phenoxy) is 1. The van der Waals surface area contributed by atoms with Crippen molar-refractivity contribution < 1.29 is 23.3 Å². The van der Waals surface area contributed by atoms with Crippen LogP contribution in [0.15, 0.2) is 56.7 Å². The van der Waals surface area contributed by atoms with Gasteiger partial charge in [-0.1, -0.05) is 35.0 Å². The van der Waals surface area contributed by atoms with Gasteiger partial charge < -0.3 is 13.7 Å². The molecule has 0 spiro atoms. The van der Waals surface area contributed by atoms with Gasteiger partial charge in [0, 0.05) is 17.7 Å². The fraction of sp³-hybridized carbons (Fsp3) is 0.333.